The van der Waals surface area contributed by atoms with E-state index < -0.39 is 0 Å². The first-order valence-electron chi connectivity index (χ1n) is 3.81. The summed E-state index contributed by atoms with van der Waals surface area (Å²) in [5.41, 5.74) is 0. The minimum absolute atomic E-state index is 1.07. The van der Waals surface area contributed by atoms with Gasteiger partial charge in [0.25, 0.3) is 0 Å². The van der Waals surface area contributed by atoms with Crippen molar-refractivity contribution < 1.29 is 0 Å². The van der Waals surface area contributed by atoms with Crippen LogP contribution >= 0.6 is 9.24 Å². The zero-order valence-electron chi connectivity index (χ0n) is 5.71. The Kier molecular flexibility index (Phi) is 1.51. The van der Waals surface area contributed by atoms with Gasteiger partial charge in [0, 0.05) is 19.4 Å². The zero-order valence-corrected chi connectivity index (χ0v) is 6.87. The minimum Gasteiger partial charge on any atom is -0.299 e. The van der Waals surface area contributed by atoms with Gasteiger partial charge in [-0.15, -0.1) is 9.24 Å². The second kappa shape index (κ2) is 2.21. The summed E-state index contributed by atoms with van der Waals surface area (Å²) in [6, 6.07) is 0. The van der Waals surface area contributed by atoms with E-state index in [1.807, 2.05) is 0 Å². The van der Waals surface area contributed by atoms with Crippen LogP contribution in [-0.4, -0.2) is 24.3 Å². The van der Waals surface area contributed by atoms with Crippen LogP contribution in [0.3, 0.4) is 0 Å². The van der Waals surface area contributed by atoms with Crippen LogP contribution in [0.15, 0.2) is 0 Å². The van der Waals surface area contributed by atoms with Gasteiger partial charge in [-0.3, -0.25) is 4.90 Å². The van der Waals surface area contributed by atoms with E-state index in [0.717, 1.165) is 11.8 Å². The number of fused-ring (bicyclic) bond motifs is 2. The van der Waals surface area contributed by atoms with Gasteiger partial charge in [0.1, 0.15) is 0 Å². The lowest BCUT2D eigenvalue weighted by molar-refractivity contribution is 0.0401. The fourth-order valence-corrected chi connectivity index (χ4v) is 2.42. The van der Waals surface area contributed by atoms with Crippen LogP contribution in [0.25, 0.3) is 0 Å². The average molecular weight is 143 g/mol. The van der Waals surface area contributed by atoms with Crippen LogP contribution in [0, 0.1) is 11.8 Å². The van der Waals surface area contributed by atoms with Gasteiger partial charge in [0.15, 0.2) is 0 Å². The lowest BCUT2D eigenvalue weighted by atomic mass is 9.71. The Morgan fingerprint density at radius 2 is 1.78 bits per heavy atom. The predicted molar refractivity (Wildman–Crippen MR) is 42.4 cm³/mol. The lowest BCUT2D eigenvalue weighted by Crippen LogP contribution is -2.47. The van der Waals surface area contributed by atoms with Gasteiger partial charge in [-0.1, -0.05) is 0 Å². The van der Waals surface area contributed by atoms with E-state index >= 15 is 0 Å². The standard InChI is InChI=1S/C7H14NP/c9-5-8-3-6-1-7(2-6)4-8/h6-7H,1-5,9H2. The van der Waals surface area contributed by atoms with Crippen LogP contribution in [0.2, 0.25) is 0 Å². The summed E-state index contributed by atoms with van der Waals surface area (Å²) in [5, 5.41) is 0. The van der Waals surface area contributed by atoms with Gasteiger partial charge in [-0.25, -0.2) is 0 Å². The molecule has 52 valence electrons. The summed E-state index contributed by atoms with van der Waals surface area (Å²) in [6.07, 6.45) is 4.25. The first-order chi connectivity index (χ1) is 4.38. The molecule has 1 unspecified atom stereocenters. The summed E-state index contributed by atoms with van der Waals surface area (Å²) in [7, 11) is 2.81. The van der Waals surface area contributed by atoms with E-state index in [9.17, 15) is 0 Å². The molecular weight excluding hydrogens is 129 g/mol. The largest absolute Gasteiger partial charge is 0.299 e. The molecule has 2 saturated heterocycles. The van der Waals surface area contributed by atoms with E-state index in [4.69, 9.17) is 0 Å². The molecule has 2 bridgehead atoms. The molecule has 1 saturated carbocycles. The molecule has 0 radical (unpaired) electrons. The summed E-state index contributed by atoms with van der Waals surface area (Å²) in [6.45, 7) is 2.75. The maximum absolute atomic E-state index is 2.81. The highest BCUT2D eigenvalue weighted by atomic mass is 31.0. The Morgan fingerprint density at radius 3 is 2.11 bits per heavy atom. The molecule has 0 spiro atoms. The third kappa shape index (κ3) is 1.01. The first kappa shape index (κ1) is 6.12. The van der Waals surface area contributed by atoms with Crippen molar-refractivity contribution in [2.24, 2.45) is 11.8 Å². The van der Waals surface area contributed by atoms with Gasteiger partial charge in [-0.2, -0.15) is 0 Å². The Labute approximate surface area is 59.0 Å². The number of nitrogens with zero attached hydrogens (tertiary/aromatic N) is 1. The molecule has 0 N–H and O–H groups in total. The minimum atomic E-state index is 1.07. The number of hydrogen-bond donors (Lipinski definition) is 0. The van der Waals surface area contributed by atoms with Crippen molar-refractivity contribution in [1.29, 1.82) is 0 Å². The molecule has 2 aliphatic heterocycles. The van der Waals surface area contributed by atoms with E-state index in [2.05, 4.69) is 14.1 Å². The Hall–Kier alpha value is 0.390. The molecule has 0 amide bonds. The van der Waals surface area contributed by atoms with Crippen molar-refractivity contribution >= 4 is 9.24 Å². The van der Waals surface area contributed by atoms with Crippen LogP contribution in [0.1, 0.15) is 12.8 Å². The quantitative estimate of drug-likeness (QED) is 0.498. The molecule has 3 fully saturated rings. The van der Waals surface area contributed by atoms with Gasteiger partial charge in [-0.05, 0) is 24.7 Å². The van der Waals surface area contributed by atoms with Crippen molar-refractivity contribution in [2.75, 3.05) is 19.4 Å². The van der Waals surface area contributed by atoms with Crippen LogP contribution < -0.4 is 0 Å². The van der Waals surface area contributed by atoms with Gasteiger partial charge in [0.05, 0.1) is 0 Å². The normalized spacial score (nSPS) is 42.3. The number of piperidine rings is 2. The van der Waals surface area contributed by atoms with Crippen LogP contribution in [0.5, 0.6) is 0 Å². The molecule has 0 aromatic carbocycles. The summed E-state index contributed by atoms with van der Waals surface area (Å²) in [4.78, 5) is 2.55. The smallest absolute Gasteiger partial charge is 0.0126 e. The van der Waals surface area contributed by atoms with E-state index in [-0.39, 0.29) is 0 Å². The fourth-order valence-electron chi connectivity index (χ4n) is 2.13. The fraction of sp³-hybridized carbons (Fsp3) is 1.00. The van der Waals surface area contributed by atoms with Crippen molar-refractivity contribution in [3.05, 3.63) is 0 Å². The Bertz CT molecular complexity index is 99.5. The highest BCUT2D eigenvalue weighted by molar-refractivity contribution is 7.16. The van der Waals surface area contributed by atoms with Gasteiger partial charge >= 0.3 is 0 Å². The topological polar surface area (TPSA) is 3.24 Å². The van der Waals surface area contributed by atoms with Gasteiger partial charge < -0.3 is 0 Å². The van der Waals surface area contributed by atoms with Crippen LogP contribution in [0.4, 0.5) is 0 Å². The summed E-state index contributed by atoms with van der Waals surface area (Å²) < 4.78 is 0. The number of rotatable bonds is 1. The molecule has 2 heterocycles. The SMILES string of the molecule is PCN1CC2CC(C2)C1. The molecule has 1 aliphatic carbocycles. The van der Waals surface area contributed by atoms with Crippen molar-refractivity contribution in [1.82, 2.24) is 4.90 Å². The molecule has 2 heteroatoms. The van der Waals surface area contributed by atoms with Crippen LogP contribution in [-0.2, 0) is 0 Å². The van der Waals surface area contributed by atoms with E-state index in [0.29, 0.717) is 0 Å². The maximum atomic E-state index is 2.81. The molecule has 3 aliphatic rings. The Balaban J connectivity index is 1.89. The summed E-state index contributed by atoms with van der Waals surface area (Å²) in [5.74, 6) is 2.15. The molecule has 3 rings (SSSR count). The van der Waals surface area contributed by atoms with E-state index in [1.54, 1.807) is 0 Å². The Morgan fingerprint density at radius 1 is 1.22 bits per heavy atom. The molecule has 9 heavy (non-hydrogen) atoms. The second-order valence-corrected chi connectivity index (χ2v) is 3.79. The van der Waals surface area contributed by atoms with Crippen molar-refractivity contribution in [3.8, 4) is 0 Å². The summed E-state index contributed by atoms with van der Waals surface area (Å²) >= 11 is 0. The second-order valence-electron chi connectivity index (χ2n) is 3.42. The third-order valence-corrected chi connectivity index (χ3v) is 3.14. The lowest BCUT2D eigenvalue weighted by Gasteiger charge is -2.46. The molecule has 1 nitrogen and oxygen atoms in total. The highest BCUT2D eigenvalue weighted by Gasteiger charge is 2.35. The van der Waals surface area contributed by atoms with Gasteiger partial charge in [0.2, 0.25) is 0 Å². The predicted octanol–water partition coefficient (Wildman–Crippen LogP) is 1.16. The monoisotopic (exact) mass is 143 g/mol. The number of hydrogen-bond acceptors (Lipinski definition) is 1. The molecule has 1 atom stereocenters. The maximum Gasteiger partial charge on any atom is 0.0126 e. The third-order valence-electron chi connectivity index (χ3n) is 2.62. The molecular formula is C7H14NP. The highest BCUT2D eigenvalue weighted by Crippen LogP contribution is 2.39. The molecule has 0 aromatic heterocycles. The molecule has 0 aromatic rings. The average Bonchev–Trinajstić information content (AvgIpc) is 1.87. The first-order valence-corrected chi connectivity index (χ1v) is 4.62. The van der Waals surface area contributed by atoms with Crippen molar-refractivity contribution in [3.63, 3.8) is 0 Å². The van der Waals surface area contributed by atoms with Crippen molar-refractivity contribution in [2.45, 2.75) is 12.8 Å². The zero-order chi connectivity index (χ0) is 6.27. The van der Waals surface area contributed by atoms with E-state index in [1.165, 1.54) is 32.2 Å².